The summed E-state index contributed by atoms with van der Waals surface area (Å²) >= 11 is 7.16. The number of thiophene rings is 1. The molecule has 0 amide bonds. The van der Waals surface area contributed by atoms with Gasteiger partial charge in [-0.05, 0) is 29.6 Å². The second-order valence-electron chi connectivity index (χ2n) is 3.28. The number of carbonyl (C=O) groups excluding carboxylic acids is 1. The number of hydrogen-bond acceptors (Lipinski definition) is 3. The lowest BCUT2D eigenvalue weighted by atomic mass is 10.2. The zero-order valence-electron chi connectivity index (χ0n) is 8.65. The Kier molecular flexibility index (Phi) is 3.76. The molecule has 5 heteroatoms. The molecule has 2 rings (SSSR count). The van der Waals surface area contributed by atoms with Crippen molar-refractivity contribution in [1.29, 1.82) is 0 Å². The number of halogens is 2. The molecule has 0 aliphatic heterocycles. The van der Waals surface area contributed by atoms with Crippen molar-refractivity contribution in [2.24, 2.45) is 0 Å². The molecule has 17 heavy (non-hydrogen) atoms. The van der Waals surface area contributed by atoms with E-state index in [1.54, 1.807) is 0 Å². The van der Waals surface area contributed by atoms with E-state index in [1.807, 2.05) is 17.5 Å². The highest BCUT2D eigenvalue weighted by molar-refractivity contribution is 7.09. The largest absolute Gasteiger partial charge is 0.456 e. The van der Waals surface area contributed by atoms with E-state index >= 15 is 0 Å². The van der Waals surface area contributed by atoms with Crippen molar-refractivity contribution in [2.75, 3.05) is 0 Å². The smallest absolute Gasteiger partial charge is 0.341 e. The van der Waals surface area contributed by atoms with Gasteiger partial charge in [0.25, 0.3) is 0 Å². The molecule has 0 fully saturated rings. The van der Waals surface area contributed by atoms with Crippen molar-refractivity contribution < 1.29 is 13.9 Å². The number of hydrogen-bond donors (Lipinski definition) is 0. The Balaban J connectivity index is 2.07. The summed E-state index contributed by atoms with van der Waals surface area (Å²) in [5.41, 5.74) is -0.144. The Morgan fingerprint density at radius 2 is 2.24 bits per heavy atom. The molecular weight excluding hydrogens is 263 g/mol. The highest BCUT2D eigenvalue weighted by atomic mass is 35.5. The predicted octanol–water partition coefficient (Wildman–Crippen LogP) is 3.90. The van der Waals surface area contributed by atoms with Gasteiger partial charge in [-0.15, -0.1) is 11.3 Å². The van der Waals surface area contributed by atoms with Crippen LogP contribution in [0, 0.1) is 5.82 Å². The first-order valence-corrected chi connectivity index (χ1v) is 6.07. The second kappa shape index (κ2) is 5.29. The third kappa shape index (κ3) is 3.05. The van der Waals surface area contributed by atoms with Crippen molar-refractivity contribution in [2.45, 2.75) is 6.61 Å². The van der Waals surface area contributed by atoms with Crippen molar-refractivity contribution in [3.8, 4) is 0 Å². The van der Waals surface area contributed by atoms with Crippen LogP contribution in [-0.2, 0) is 11.3 Å². The molecule has 88 valence electrons. The van der Waals surface area contributed by atoms with Crippen molar-refractivity contribution in [3.63, 3.8) is 0 Å². The van der Waals surface area contributed by atoms with Crippen LogP contribution in [0.25, 0.3) is 0 Å². The van der Waals surface area contributed by atoms with Crippen LogP contribution in [0.4, 0.5) is 4.39 Å². The Morgan fingerprint density at radius 3 is 2.94 bits per heavy atom. The van der Waals surface area contributed by atoms with Gasteiger partial charge in [-0.2, -0.15) is 0 Å². The van der Waals surface area contributed by atoms with Gasteiger partial charge in [0, 0.05) is 9.90 Å². The lowest BCUT2D eigenvalue weighted by molar-refractivity contribution is 0.0471. The summed E-state index contributed by atoms with van der Waals surface area (Å²) in [6, 6.07) is 7.48. The van der Waals surface area contributed by atoms with Gasteiger partial charge >= 0.3 is 5.97 Å². The van der Waals surface area contributed by atoms with Crippen molar-refractivity contribution >= 4 is 28.9 Å². The summed E-state index contributed by atoms with van der Waals surface area (Å²) in [4.78, 5) is 12.5. The molecule has 1 aromatic carbocycles. The molecule has 1 heterocycles. The molecule has 0 radical (unpaired) electrons. The van der Waals surface area contributed by atoms with Gasteiger partial charge in [0.1, 0.15) is 12.4 Å². The predicted molar refractivity (Wildman–Crippen MR) is 64.8 cm³/mol. The summed E-state index contributed by atoms with van der Waals surface area (Å²) in [6.07, 6.45) is 0. The average Bonchev–Trinajstić information content (AvgIpc) is 2.82. The molecule has 1 aromatic heterocycles. The molecule has 0 saturated carbocycles. The maximum absolute atomic E-state index is 13.3. The first kappa shape index (κ1) is 12.1. The van der Waals surface area contributed by atoms with Crippen LogP contribution in [0.1, 0.15) is 15.2 Å². The summed E-state index contributed by atoms with van der Waals surface area (Å²) in [5, 5.41) is 2.18. The Labute approximate surface area is 107 Å². The minimum Gasteiger partial charge on any atom is -0.456 e. The van der Waals surface area contributed by atoms with Gasteiger partial charge in [-0.1, -0.05) is 17.7 Å². The minimum absolute atomic E-state index is 0.141. The van der Waals surface area contributed by atoms with Gasteiger partial charge in [-0.3, -0.25) is 0 Å². The molecule has 0 aliphatic carbocycles. The third-order valence-corrected chi connectivity index (χ3v) is 3.16. The number of esters is 1. The van der Waals surface area contributed by atoms with Gasteiger partial charge in [0.05, 0.1) is 5.56 Å². The van der Waals surface area contributed by atoms with E-state index < -0.39 is 11.8 Å². The van der Waals surface area contributed by atoms with Crippen LogP contribution in [0.15, 0.2) is 35.7 Å². The lowest BCUT2D eigenvalue weighted by Crippen LogP contribution is -2.07. The number of carbonyl (C=O) groups is 1. The minimum atomic E-state index is -0.710. The number of ether oxygens (including phenoxy) is 1. The van der Waals surface area contributed by atoms with Crippen molar-refractivity contribution in [3.05, 3.63) is 57.0 Å². The van der Waals surface area contributed by atoms with Gasteiger partial charge in [0.2, 0.25) is 0 Å². The average molecular weight is 271 g/mol. The fourth-order valence-electron chi connectivity index (χ4n) is 1.26. The summed E-state index contributed by atoms with van der Waals surface area (Å²) < 4.78 is 18.3. The molecule has 2 aromatic rings. The monoisotopic (exact) mass is 270 g/mol. The zero-order valence-corrected chi connectivity index (χ0v) is 10.2. The SMILES string of the molecule is O=C(OCc1cccs1)c1cc(Cl)ccc1F. The van der Waals surface area contributed by atoms with E-state index in [9.17, 15) is 9.18 Å². The molecular formula is C12H8ClFO2S. The van der Waals surface area contributed by atoms with E-state index in [2.05, 4.69) is 0 Å². The fraction of sp³-hybridized carbons (Fsp3) is 0.0833. The molecule has 0 aliphatic rings. The number of benzene rings is 1. The van der Waals surface area contributed by atoms with Gasteiger partial charge in [0.15, 0.2) is 0 Å². The topological polar surface area (TPSA) is 26.3 Å². The third-order valence-electron chi connectivity index (χ3n) is 2.07. The normalized spacial score (nSPS) is 10.2. The molecule has 0 atom stereocenters. The number of rotatable bonds is 3. The lowest BCUT2D eigenvalue weighted by Gasteiger charge is -2.04. The summed E-state index contributed by atoms with van der Waals surface area (Å²) in [5.74, 6) is -1.34. The van der Waals surface area contributed by atoms with Crippen LogP contribution in [0.2, 0.25) is 5.02 Å². The zero-order chi connectivity index (χ0) is 12.3. The van der Waals surface area contributed by atoms with Crippen molar-refractivity contribution in [1.82, 2.24) is 0 Å². The van der Waals surface area contributed by atoms with Crippen LogP contribution in [-0.4, -0.2) is 5.97 Å². The first-order chi connectivity index (χ1) is 8.16. The molecule has 0 bridgehead atoms. The Hall–Kier alpha value is -1.39. The molecule has 0 unspecified atom stereocenters. The molecule has 2 nitrogen and oxygen atoms in total. The molecule has 0 saturated heterocycles. The standard InChI is InChI=1S/C12H8ClFO2S/c13-8-3-4-11(14)10(6-8)12(15)16-7-9-2-1-5-17-9/h1-6H,7H2. The quantitative estimate of drug-likeness (QED) is 0.791. The van der Waals surface area contributed by atoms with Crippen LogP contribution < -0.4 is 0 Å². The Morgan fingerprint density at radius 1 is 1.41 bits per heavy atom. The molecule has 0 N–H and O–H groups in total. The maximum atomic E-state index is 13.3. The maximum Gasteiger partial charge on any atom is 0.341 e. The summed E-state index contributed by atoms with van der Waals surface area (Å²) in [6.45, 7) is 0.141. The van der Waals surface area contributed by atoms with Gasteiger partial charge < -0.3 is 4.74 Å². The van der Waals surface area contributed by atoms with Gasteiger partial charge in [-0.25, -0.2) is 9.18 Å². The second-order valence-corrected chi connectivity index (χ2v) is 4.75. The summed E-state index contributed by atoms with van der Waals surface area (Å²) in [7, 11) is 0. The van der Waals surface area contributed by atoms with E-state index in [4.69, 9.17) is 16.3 Å². The van der Waals surface area contributed by atoms with E-state index in [1.165, 1.54) is 23.5 Å². The van der Waals surface area contributed by atoms with Crippen LogP contribution in [0.3, 0.4) is 0 Å². The first-order valence-electron chi connectivity index (χ1n) is 4.81. The van der Waals surface area contributed by atoms with Crippen LogP contribution >= 0.6 is 22.9 Å². The highest BCUT2D eigenvalue weighted by Gasteiger charge is 2.13. The Bertz CT molecular complexity index is 525. The fourth-order valence-corrected chi connectivity index (χ4v) is 2.05. The van der Waals surface area contributed by atoms with E-state index in [0.29, 0.717) is 5.02 Å². The molecule has 0 spiro atoms. The van der Waals surface area contributed by atoms with E-state index in [0.717, 1.165) is 10.9 Å². The van der Waals surface area contributed by atoms with E-state index in [-0.39, 0.29) is 12.2 Å². The van der Waals surface area contributed by atoms with Crippen LogP contribution in [0.5, 0.6) is 0 Å². The highest BCUT2D eigenvalue weighted by Crippen LogP contribution is 2.17.